The van der Waals surface area contributed by atoms with Crippen LogP contribution in [-0.4, -0.2) is 28.8 Å². The fraction of sp³-hybridized carbons (Fsp3) is 0.769. The summed E-state index contributed by atoms with van der Waals surface area (Å²) < 4.78 is 7.26. The minimum atomic E-state index is 0.132. The molecule has 0 atom stereocenters. The van der Waals surface area contributed by atoms with E-state index >= 15 is 0 Å². The molecule has 1 N–H and O–H groups in total. The van der Waals surface area contributed by atoms with E-state index in [1.807, 2.05) is 12.4 Å². The van der Waals surface area contributed by atoms with Gasteiger partial charge in [0.1, 0.15) is 5.82 Å². The van der Waals surface area contributed by atoms with Crippen molar-refractivity contribution in [2.24, 2.45) is 0 Å². The van der Waals surface area contributed by atoms with Crippen molar-refractivity contribution in [2.45, 2.75) is 52.2 Å². The van der Waals surface area contributed by atoms with Gasteiger partial charge < -0.3 is 14.6 Å². The second-order valence-corrected chi connectivity index (χ2v) is 5.34. The van der Waals surface area contributed by atoms with E-state index in [0.29, 0.717) is 0 Å². The summed E-state index contributed by atoms with van der Waals surface area (Å²) in [5.74, 6) is 1.11. The highest BCUT2D eigenvalue weighted by Crippen LogP contribution is 2.05. The van der Waals surface area contributed by atoms with Crippen LogP contribution in [0.15, 0.2) is 12.4 Å². The minimum Gasteiger partial charge on any atom is -0.385 e. The average molecular weight is 239 g/mol. The van der Waals surface area contributed by atoms with Crippen molar-refractivity contribution in [1.82, 2.24) is 14.9 Å². The van der Waals surface area contributed by atoms with E-state index < -0.39 is 0 Å². The van der Waals surface area contributed by atoms with E-state index in [4.69, 9.17) is 4.74 Å². The molecule has 0 amide bonds. The molecule has 4 heteroatoms. The summed E-state index contributed by atoms with van der Waals surface area (Å²) in [6.07, 6.45) is 6.15. The van der Waals surface area contributed by atoms with Gasteiger partial charge in [0, 0.05) is 38.2 Å². The first kappa shape index (κ1) is 14.2. The van der Waals surface area contributed by atoms with E-state index in [9.17, 15) is 0 Å². The number of nitrogens with zero attached hydrogens (tertiary/aromatic N) is 2. The Balaban J connectivity index is 2.37. The van der Waals surface area contributed by atoms with Gasteiger partial charge in [-0.3, -0.25) is 0 Å². The van der Waals surface area contributed by atoms with E-state index in [2.05, 4.69) is 35.6 Å². The van der Waals surface area contributed by atoms with Crippen LogP contribution < -0.4 is 5.32 Å². The molecule has 0 saturated carbocycles. The van der Waals surface area contributed by atoms with Crippen molar-refractivity contribution in [3.05, 3.63) is 18.2 Å². The predicted molar refractivity (Wildman–Crippen MR) is 69.9 cm³/mol. The highest BCUT2D eigenvalue weighted by atomic mass is 16.5. The largest absolute Gasteiger partial charge is 0.385 e. The zero-order valence-electron chi connectivity index (χ0n) is 11.5. The van der Waals surface area contributed by atoms with Crippen LogP contribution in [0.4, 0.5) is 0 Å². The first-order chi connectivity index (χ1) is 8.03. The normalized spacial score (nSPS) is 12.0. The Kier molecular flexibility index (Phi) is 5.65. The molecular weight excluding hydrogens is 214 g/mol. The number of nitrogens with one attached hydrogen (secondary N) is 1. The lowest BCUT2D eigenvalue weighted by atomic mass is 10.1. The molecule has 1 rings (SSSR count). The van der Waals surface area contributed by atoms with Crippen molar-refractivity contribution in [2.75, 3.05) is 13.7 Å². The van der Waals surface area contributed by atoms with E-state index in [1.54, 1.807) is 7.11 Å². The Hall–Kier alpha value is -0.870. The number of unbranched alkanes of at least 4 members (excludes halogenated alkanes) is 1. The molecule has 0 aliphatic carbocycles. The predicted octanol–water partition coefficient (Wildman–Crippen LogP) is 2.20. The molecule has 4 nitrogen and oxygen atoms in total. The van der Waals surface area contributed by atoms with Gasteiger partial charge >= 0.3 is 0 Å². The molecule has 0 radical (unpaired) electrons. The minimum absolute atomic E-state index is 0.132. The monoisotopic (exact) mass is 239 g/mol. The van der Waals surface area contributed by atoms with Crippen LogP contribution in [-0.2, 0) is 17.8 Å². The molecule has 1 aromatic heterocycles. The summed E-state index contributed by atoms with van der Waals surface area (Å²) in [5, 5.41) is 3.46. The molecule has 0 spiro atoms. The summed E-state index contributed by atoms with van der Waals surface area (Å²) in [6, 6.07) is 0. The Bertz CT molecular complexity index is 315. The lowest BCUT2D eigenvalue weighted by molar-refractivity contribution is 0.191. The summed E-state index contributed by atoms with van der Waals surface area (Å²) in [7, 11) is 1.75. The molecular formula is C13H25N3O. The summed E-state index contributed by atoms with van der Waals surface area (Å²) in [6.45, 7) is 9.17. The number of rotatable bonds is 7. The molecule has 0 aliphatic rings. The molecule has 98 valence electrons. The van der Waals surface area contributed by atoms with Crippen LogP contribution in [0.5, 0.6) is 0 Å². The number of aromatic nitrogens is 2. The molecule has 0 fully saturated rings. The Morgan fingerprint density at radius 3 is 2.76 bits per heavy atom. The summed E-state index contributed by atoms with van der Waals surface area (Å²) in [4.78, 5) is 4.39. The number of aryl methyl sites for hydroxylation is 1. The second kappa shape index (κ2) is 6.77. The molecule has 1 heterocycles. The van der Waals surface area contributed by atoms with Crippen LogP contribution in [0, 0.1) is 0 Å². The van der Waals surface area contributed by atoms with Crippen LogP contribution in [0.1, 0.15) is 39.4 Å². The van der Waals surface area contributed by atoms with Gasteiger partial charge in [0.25, 0.3) is 0 Å². The lowest BCUT2D eigenvalue weighted by Gasteiger charge is -2.20. The van der Waals surface area contributed by atoms with Crippen molar-refractivity contribution in [1.29, 1.82) is 0 Å². The van der Waals surface area contributed by atoms with Gasteiger partial charge in [-0.1, -0.05) is 0 Å². The van der Waals surface area contributed by atoms with Crippen molar-refractivity contribution >= 4 is 0 Å². The maximum absolute atomic E-state index is 5.05. The third-order valence-corrected chi connectivity index (χ3v) is 2.58. The molecule has 0 bridgehead atoms. The van der Waals surface area contributed by atoms with E-state index in [0.717, 1.165) is 38.4 Å². The quantitative estimate of drug-likeness (QED) is 0.741. The van der Waals surface area contributed by atoms with Crippen LogP contribution in [0.3, 0.4) is 0 Å². The van der Waals surface area contributed by atoms with E-state index in [1.165, 1.54) is 0 Å². The summed E-state index contributed by atoms with van der Waals surface area (Å²) in [5.41, 5.74) is 0.132. The molecule has 0 aliphatic heterocycles. The van der Waals surface area contributed by atoms with Crippen LogP contribution in [0.25, 0.3) is 0 Å². The standard InChI is InChI=1S/C13H25N3O/c1-13(2,3)15-11-12-14-7-9-16(12)8-5-6-10-17-4/h7,9,15H,5-6,8,10-11H2,1-4H3. The maximum Gasteiger partial charge on any atom is 0.122 e. The Morgan fingerprint density at radius 2 is 2.12 bits per heavy atom. The van der Waals surface area contributed by atoms with Gasteiger partial charge in [-0.2, -0.15) is 0 Å². The second-order valence-electron chi connectivity index (χ2n) is 5.34. The molecule has 1 aromatic rings. The number of ether oxygens (including phenoxy) is 1. The van der Waals surface area contributed by atoms with Gasteiger partial charge in [-0.25, -0.2) is 4.98 Å². The molecule has 0 unspecified atom stereocenters. The number of methoxy groups -OCH3 is 1. The third-order valence-electron chi connectivity index (χ3n) is 2.58. The first-order valence-electron chi connectivity index (χ1n) is 6.27. The topological polar surface area (TPSA) is 39.1 Å². The van der Waals surface area contributed by atoms with Crippen molar-refractivity contribution in [3.63, 3.8) is 0 Å². The van der Waals surface area contributed by atoms with Crippen LogP contribution >= 0.6 is 0 Å². The molecule has 0 aromatic carbocycles. The number of hydrogen-bond acceptors (Lipinski definition) is 3. The fourth-order valence-corrected chi connectivity index (χ4v) is 1.58. The van der Waals surface area contributed by atoms with Crippen LogP contribution in [0.2, 0.25) is 0 Å². The zero-order valence-corrected chi connectivity index (χ0v) is 11.5. The fourth-order valence-electron chi connectivity index (χ4n) is 1.58. The maximum atomic E-state index is 5.05. The zero-order chi connectivity index (χ0) is 12.7. The van der Waals surface area contributed by atoms with Crippen molar-refractivity contribution < 1.29 is 4.74 Å². The van der Waals surface area contributed by atoms with Gasteiger partial charge in [0.2, 0.25) is 0 Å². The average Bonchev–Trinajstić information content (AvgIpc) is 2.68. The van der Waals surface area contributed by atoms with Gasteiger partial charge in [-0.05, 0) is 33.6 Å². The van der Waals surface area contributed by atoms with Gasteiger partial charge in [-0.15, -0.1) is 0 Å². The third kappa shape index (κ3) is 5.84. The smallest absolute Gasteiger partial charge is 0.122 e. The first-order valence-corrected chi connectivity index (χ1v) is 6.27. The Labute approximate surface area is 104 Å². The highest BCUT2D eigenvalue weighted by molar-refractivity contribution is 4.93. The number of imidazole rings is 1. The summed E-state index contributed by atoms with van der Waals surface area (Å²) >= 11 is 0. The van der Waals surface area contributed by atoms with Gasteiger partial charge in [0.15, 0.2) is 0 Å². The Morgan fingerprint density at radius 1 is 1.35 bits per heavy atom. The molecule has 0 saturated heterocycles. The highest BCUT2D eigenvalue weighted by Gasteiger charge is 2.10. The SMILES string of the molecule is COCCCCn1ccnc1CNC(C)(C)C. The molecule has 17 heavy (non-hydrogen) atoms. The van der Waals surface area contributed by atoms with Gasteiger partial charge in [0.05, 0.1) is 6.54 Å². The number of hydrogen-bond donors (Lipinski definition) is 1. The van der Waals surface area contributed by atoms with E-state index in [-0.39, 0.29) is 5.54 Å². The lowest BCUT2D eigenvalue weighted by Crippen LogP contribution is -2.35. The van der Waals surface area contributed by atoms with Crippen molar-refractivity contribution in [3.8, 4) is 0 Å².